The lowest BCUT2D eigenvalue weighted by Gasteiger charge is -2.09. The van der Waals surface area contributed by atoms with E-state index in [9.17, 15) is 9.59 Å². The van der Waals surface area contributed by atoms with Crippen LogP contribution in [0.3, 0.4) is 0 Å². The molecule has 0 saturated heterocycles. The molecule has 2 aromatic rings. The van der Waals surface area contributed by atoms with Crippen molar-refractivity contribution >= 4 is 11.9 Å². The summed E-state index contributed by atoms with van der Waals surface area (Å²) in [6.45, 7) is 0. The topological polar surface area (TPSA) is 61.8 Å². The van der Waals surface area contributed by atoms with E-state index in [-0.39, 0.29) is 11.1 Å². The van der Waals surface area contributed by atoms with Crippen LogP contribution in [0.25, 0.3) is 11.1 Å². The highest BCUT2D eigenvalue weighted by Gasteiger charge is 2.19. The minimum atomic E-state index is -0.587. The highest BCUT2D eigenvalue weighted by molar-refractivity contribution is 6.04. The summed E-state index contributed by atoms with van der Waals surface area (Å²) in [5.41, 5.74) is 2.02. The highest BCUT2D eigenvalue weighted by atomic mass is 16.5. The molecule has 0 saturated carbocycles. The molecule has 0 heterocycles. The number of rotatable bonds is 4. The highest BCUT2D eigenvalue weighted by Crippen LogP contribution is 2.25. The standard InChI is InChI=1S/C17H16O5/c1-20-13-7-4-11(5-8-13)12-6-9-14(16(18)21-2)15(10-12)17(19)22-3/h4-10H,1-3H3. The molecule has 22 heavy (non-hydrogen) atoms. The van der Waals surface area contributed by atoms with E-state index in [2.05, 4.69) is 4.74 Å². The molecule has 114 valence electrons. The van der Waals surface area contributed by atoms with E-state index < -0.39 is 11.9 Å². The summed E-state index contributed by atoms with van der Waals surface area (Å²) >= 11 is 0. The van der Waals surface area contributed by atoms with Crippen LogP contribution in [0.15, 0.2) is 42.5 Å². The second-order valence-electron chi connectivity index (χ2n) is 4.47. The summed E-state index contributed by atoms with van der Waals surface area (Å²) < 4.78 is 14.5. The fraction of sp³-hybridized carbons (Fsp3) is 0.176. The first-order valence-corrected chi connectivity index (χ1v) is 6.55. The molecule has 0 aromatic heterocycles. The van der Waals surface area contributed by atoms with Crippen LogP contribution in [-0.2, 0) is 9.47 Å². The fourth-order valence-corrected chi connectivity index (χ4v) is 2.07. The van der Waals surface area contributed by atoms with Crippen LogP contribution in [0.2, 0.25) is 0 Å². The molecule has 0 aliphatic carbocycles. The molecule has 0 bridgehead atoms. The first kappa shape index (κ1) is 15.6. The minimum absolute atomic E-state index is 0.169. The number of hydrogen-bond acceptors (Lipinski definition) is 5. The molecule has 0 atom stereocenters. The number of esters is 2. The van der Waals surface area contributed by atoms with Gasteiger partial charge in [-0.2, -0.15) is 0 Å². The van der Waals surface area contributed by atoms with Crippen molar-refractivity contribution in [2.24, 2.45) is 0 Å². The molecule has 0 radical (unpaired) electrons. The van der Waals surface area contributed by atoms with Gasteiger partial charge in [-0.25, -0.2) is 9.59 Å². The molecule has 0 fully saturated rings. The number of carbonyl (C=O) groups is 2. The lowest BCUT2D eigenvalue weighted by atomic mass is 9.99. The van der Waals surface area contributed by atoms with Gasteiger partial charge in [0.25, 0.3) is 0 Å². The van der Waals surface area contributed by atoms with Crippen LogP contribution in [0.5, 0.6) is 5.75 Å². The van der Waals surface area contributed by atoms with Crippen LogP contribution in [0, 0.1) is 0 Å². The molecule has 2 aromatic carbocycles. The monoisotopic (exact) mass is 300 g/mol. The predicted octanol–water partition coefficient (Wildman–Crippen LogP) is 2.94. The Labute approximate surface area is 128 Å². The smallest absolute Gasteiger partial charge is 0.338 e. The third kappa shape index (κ3) is 3.09. The number of hydrogen-bond donors (Lipinski definition) is 0. The molecule has 0 amide bonds. The van der Waals surface area contributed by atoms with Crippen molar-refractivity contribution in [1.82, 2.24) is 0 Å². The molecule has 0 aliphatic rings. The van der Waals surface area contributed by atoms with Gasteiger partial charge >= 0.3 is 11.9 Å². The Hall–Kier alpha value is -2.82. The molecule has 5 nitrogen and oxygen atoms in total. The second kappa shape index (κ2) is 6.76. The quantitative estimate of drug-likeness (QED) is 0.812. The molecule has 0 unspecified atom stereocenters. The Kier molecular flexibility index (Phi) is 4.78. The summed E-state index contributed by atoms with van der Waals surface area (Å²) in [5, 5.41) is 0. The summed E-state index contributed by atoms with van der Waals surface area (Å²) in [6.07, 6.45) is 0. The number of ether oxygens (including phenoxy) is 3. The van der Waals surface area contributed by atoms with Crippen LogP contribution < -0.4 is 4.74 Å². The van der Waals surface area contributed by atoms with Crippen molar-refractivity contribution < 1.29 is 23.8 Å². The van der Waals surface area contributed by atoms with Crippen molar-refractivity contribution in [1.29, 1.82) is 0 Å². The first-order chi connectivity index (χ1) is 10.6. The first-order valence-electron chi connectivity index (χ1n) is 6.55. The van der Waals surface area contributed by atoms with E-state index in [1.165, 1.54) is 14.2 Å². The van der Waals surface area contributed by atoms with Gasteiger partial charge in [0.1, 0.15) is 5.75 Å². The average Bonchev–Trinajstić information content (AvgIpc) is 2.59. The maximum absolute atomic E-state index is 11.9. The lowest BCUT2D eigenvalue weighted by molar-refractivity contribution is 0.0555. The van der Waals surface area contributed by atoms with E-state index >= 15 is 0 Å². The van der Waals surface area contributed by atoms with Gasteiger partial charge in [-0.05, 0) is 35.4 Å². The third-order valence-corrected chi connectivity index (χ3v) is 3.25. The average molecular weight is 300 g/mol. The van der Waals surface area contributed by atoms with Gasteiger partial charge in [0.2, 0.25) is 0 Å². The van der Waals surface area contributed by atoms with E-state index in [0.29, 0.717) is 0 Å². The Morgan fingerprint density at radius 3 is 1.82 bits per heavy atom. The van der Waals surface area contributed by atoms with Gasteiger partial charge in [0, 0.05) is 0 Å². The van der Waals surface area contributed by atoms with Gasteiger partial charge in [0.15, 0.2) is 0 Å². The molecule has 0 N–H and O–H groups in total. The minimum Gasteiger partial charge on any atom is -0.497 e. The van der Waals surface area contributed by atoms with Gasteiger partial charge < -0.3 is 14.2 Å². The zero-order valence-electron chi connectivity index (χ0n) is 12.6. The number of carbonyl (C=O) groups excluding carboxylic acids is 2. The maximum atomic E-state index is 11.9. The Bertz CT molecular complexity index is 689. The Morgan fingerprint density at radius 1 is 0.727 bits per heavy atom. The van der Waals surface area contributed by atoms with E-state index in [1.54, 1.807) is 25.3 Å². The van der Waals surface area contributed by atoms with Crippen LogP contribution in [0.1, 0.15) is 20.7 Å². The Morgan fingerprint density at radius 2 is 1.27 bits per heavy atom. The van der Waals surface area contributed by atoms with E-state index in [4.69, 9.17) is 9.47 Å². The number of benzene rings is 2. The largest absolute Gasteiger partial charge is 0.497 e. The normalized spacial score (nSPS) is 9.95. The van der Waals surface area contributed by atoms with Crippen molar-refractivity contribution in [2.45, 2.75) is 0 Å². The molecule has 2 rings (SSSR count). The summed E-state index contributed by atoms with van der Waals surface area (Å²) in [7, 11) is 4.12. The summed E-state index contributed by atoms with van der Waals surface area (Å²) in [5.74, 6) is -0.430. The van der Waals surface area contributed by atoms with Crippen molar-refractivity contribution in [3.63, 3.8) is 0 Å². The summed E-state index contributed by atoms with van der Waals surface area (Å²) in [6, 6.07) is 12.3. The van der Waals surface area contributed by atoms with E-state index in [0.717, 1.165) is 16.9 Å². The van der Waals surface area contributed by atoms with Crippen molar-refractivity contribution in [2.75, 3.05) is 21.3 Å². The zero-order valence-corrected chi connectivity index (χ0v) is 12.6. The molecule has 5 heteroatoms. The third-order valence-electron chi connectivity index (χ3n) is 3.25. The Balaban J connectivity index is 2.49. The molecular formula is C17H16O5. The second-order valence-corrected chi connectivity index (χ2v) is 4.47. The number of methoxy groups -OCH3 is 3. The van der Waals surface area contributed by atoms with Crippen LogP contribution in [0.4, 0.5) is 0 Å². The molecule has 0 aliphatic heterocycles. The SMILES string of the molecule is COC(=O)c1ccc(-c2ccc(OC)cc2)cc1C(=O)OC. The van der Waals surface area contributed by atoms with E-state index in [1.807, 2.05) is 24.3 Å². The van der Waals surface area contributed by atoms with Crippen LogP contribution >= 0.6 is 0 Å². The predicted molar refractivity (Wildman–Crippen MR) is 81.1 cm³/mol. The van der Waals surface area contributed by atoms with Gasteiger partial charge in [-0.1, -0.05) is 18.2 Å². The fourth-order valence-electron chi connectivity index (χ4n) is 2.07. The molecule has 0 spiro atoms. The summed E-state index contributed by atoms with van der Waals surface area (Å²) in [4.78, 5) is 23.6. The van der Waals surface area contributed by atoms with Gasteiger partial charge in [-0.15, -0.1) is 0 Å². The maximum Gasteiger partial charge on any atom is 0.338 e. The molecular weight excluding hydrogens is 284 g/mol. The van der Waals surface area contributed by atoms with Crippen LogP contribution in [-0.4, -0.2) is 33.3 Å². The zero-order chi connectivity index (χ0) is 16.1. The lowest BCUT2D eigenvalue weighted by Crippen LogP contribution is -2.11. The van der Waals surface area contributed by atoms with Gasteiger partial charge in [-0.3, -0.25) is 0 Å². The van der Waals surface area contributed by atoms with Crippen molar-refractivity contribution in [3.8, 4) is 16.9 Å². The van der Waals surface area contributed by atoms with Gasteiger partial charge in [0.05, 0.1) is 32.5 Å². The van der Waals surface area contributed by atoms with Crippen molar-refractivity contribution in [3.05, 3.63) is 53.6 Å².